The lowest BCUT2D eigenvalue weighted by molar-refractivity contribution is -0.180. The molecule has 7 heteroatoms. The maximum atomic E-state index is 13.0. The Kier molecular flexibility index (Phi) is 3.98. The topological polar surface area (TPSA) is 38.8 Å². The summed E-state index contributed by atoms with van der Waals surface area (Å²) in [6.07, 6.45) is 0. The van der Waals surface area contributed by atoms with Crippen LogP contribution in [-0.2, 0) is 26.6 Å². The van der Waals surface area contributed by atoms with Crippen LogP contribution >= 0.6 is 34.8 Å². The fraction of sp³-hybridized carbons (Fsp3) is 0.235. The van der Waals surface area contributed by atoms with Gasteiger partial charge in [0.1, 0.15) is 0 Å². The fourth-order valence-corrected chi connectivity index (χ4v) is 3.72. The summed E-state index contributed by atoms with van der Waals surface area (Å²) in [7, 11) is 0. The van der Waals surface area contributed by atoms with Gasteiger partial charge in [0, 0.05) is 20.6 Å². The molecule has 124 valence electrons. The summed E-state index contributed by atoms with van der Waals surface area (Å²) >= 11 is 18.3. The second-order valence-electron chi connectivity index (χ2n) is 5.60. The smallest absolute Gasteiger partial charge is 0.292 e. The first kappa shape index (κ1) is 16.2. The molecule has 0 radical (unpaired) electrons. The minimum atomic E-state index is -1.40. The fourth-order valence-electron chi connectivity index (χ4n) is 3.08. The van der Waals surface area contributed by atoms with E-state index < -0.39 is 5.79 Å². The lowest BCUT2D eigenvalue weighted by atomic mass is 10.1. The Morgan fingerprint density at radius 1 is 1.00 bits per heavy atom. The number of amides is 1. The Morgan fingerprint density at radius 3 is 2.38 bits per heavy atom. The zero-order valence-electron chi connectivity index (χ0n) is 12.4. The van der Waals surface area contributed by atoms with Crippen LogP contribution in [0.5, 0.6) is 0 Å². The van der Waals surface area contributed by atoms with Crippen molar-refractivity contribution in [1.29, 1.82) is 0 Å². The molecule has 0 aliphatic carbocycles. The Labute approximate surface area is 153 Å². The molecule has 0 unspecified atom stereocenters. The highest BCUT2D eigenvalue weighted by atomic mass is 35.5. The summed E-state index contributed by atoms with van der Waals surface area (Å²) in [6, 6.07) is 10.4. The van der Waals surface area contributed by atoms with E-state index in [0.717, 1.165) is 5.56 Å². The van der Waals surface area contributed by atoms with Gasteiger partial charge in [-0.15, -0.1) is 0 Å². The molecule has 2 heterocycles. The number of carbonyl (C=O) groups excluding carboxylic acids is 1. The van der Waals surface area contributed by atoms with E-state index in [-0.39, 0.29) is 12.5 Å². The molecule has 1 spiro atoms. The number of hydrogen-bond acceptors (Lipinski definition) is 3. The molecule has 2 aliphatic heterocycles. The van der Waals surface area contributed by atoms with Crippen molar-refractivity contribution in [3.05, 3.63) is 62.6 Å². The number of rotatable bonds is 2. The molecule has 4 rings (SSSR count). The maximum Gasteiger partial charge on any atom is 0.292 e. The summed E-state index contributed by atoms with van der Waals surface area (Å²) in [4.78, 5) is 14.6. The first-order valence-corrected chi connectivity index (χ1v) is 8.48. The molecule has 1 fully saturated rings. The van der Waals surface area contributed by atoms with Crippen molar-refractivity contribution in [3.63, 3.8) is 0 Å². The highest BCUT2D eigenvalue weighted by molar-refractivity contribution is 6.35. The lowest BCUT2D eigenvalue weighted by Gasteiger charge is -2.22. The molecular weight excluding hydrogens is 373 g/mol. The first-order valence-electron chi connectivity index (χ1n) is 7.35. The van der Waals surface area contributed by atoms with Crippen LogP contribution in [0.2, 0.25) is 15.1 Å². The van der Waals surface area contributed by atoms with Gasteiger partial charge in [-0.1, -0.05) is 40.9 Å². The minimum absolute atomic E-state index is 0.275. The van der Waals surface area contributed by atoms with Crippen molar-refractivity contribution < 1.29 is 14.3 Å². The number of ether oxygens (including phenoxy) is 2. The largest absolute Gasteiger partial charge is 0.336 e. The number of halogens is 3. The number of anilines is 1. The molecule has 0 bridgehead atoms. The van der Waals surface area contributed by atoms with Crippen molar-refractivity contribution in [2.24, 2.45) is 0 Å². The van der Waals surface area contributed by atoms with E-state index in [9.17, 15) is 4.79 Å². The molecule has 4 nitrogen and oxygen atoms in total. The second kappa shape index (κ2) is 5.90. The van der Waals surface area contributed by atoms with Crippen molar-refractivity contribution in [2.75, 3.05) is 18.1 Å². The summed E-state index contributed by atoms with van der Waals surface area (Å²) < 4.78 is 11.4. The minimum Gasteiger partial charge on any atom is -0.336 e. The van der Waals surface area contributed by atoms with Gasteiger partial charge in [-0.05, 0) is 35.9 Å². The molecule has 0 aromatic heterocycles. The number of benzene rings is 2. The molecule has 2 aromatic carbocycles. The Hall–Kier alpha value is -1.30. The number of fused-ring (bicyclic) bond motifs is 2. The van der Waals surface area contributed by atoms with Crippen molar-refractivity contribution >= 4 is 46.4 Å². The van der Waals surface area contributed by atoms with Crippen molar-refractivity contribution in [2.45, 2.75) is 12.3 Å². The standard InChI is InChI=1S/C17H12Cl3NO3/c18-11-3-4-15-13(7-11)17(23-5-6-24-17)16(22)21(15)9-10-1-2-12(19)8-14(10)20/h1-4,7-8H,5-6,9H2. The highest BCUT2D eigenvalue weighted by Gasteiger charge is 2.56. The molecule has 24 heavy (non-hydrogen) atoms. The van der Waals surface area contributed by atoms with Gasteiger partial charge in [-0.25, -0.2) is 0 Å². The predicted octanol–water partition coefficient (Wildman–Crippen LogP) is 4.39. The van der Waals surface area contributed by atoms with E-state index >= 15 is 0 Å². The molecule has 0 saturated carbocycles. The van der Waals surface area contributed by atoms with Crippen LogP contribution in [0.1, 0.15) is 11.1 Å². The van der Waals surface area contributed by atoms with Gasteiger partial charge >= 0.3 is 0 Å². The predicted molar refractivity (Wildman–Crippen MR) is 92.7 cm³/mol. The van der Waals surface area contributed by atoms with Crippen LogP contribution in [0.15, 0.2) is 36.4 Å². The highest BCUT2D eigenvalue weighted by Crippen LogP contribution is 2.47. The number of hydrogen-bond donors (Lipinski definition) is 0. The van der Waals surface area contributed by atoms with Crippen molar-refractivity contribution in [1.82, 2.24) is 0 Å². The SMILES string of the molecule is O=C1N(Cc2ccc(Cl)cc2Cl)c2ccc(Cl)cc2C12OCCO2. The van der Waals surface area contributed by atoms with Gasteiger partial charge in [-0.2, -0.15) is 0 Å². The molecule has 0 atom stereocenters. The summed E-state index contributed by atoms with van der Waals surface area (Å²) in [5.41, 5.74) is 2.12. The molecule has 1 amide bonds. The van der Waals surface area contributed by atoms with Gasteiger partial charge in [0.25, 0.3) is 11.7 Å². The van der Waals surface area contributed by atoms with Gasteiger partial charge in [0.15, 0.2) is 0 Å². The number of nitrogens with zero attached hydrogens (tertiary/aromatic N) is 1. The summed E-state index contributed by atoms with van der Waals surface area (Å²) in [5.74, 6) is -1.68. The van der Waals surface area contributed by atoms with Crippen LogP contribution in [0.3, 0.4) is 0 Å². The van der Waals surface area contributed by atoms with E-state index in [0.29, 0.717) is 39.5 Å². The molecule has 0 N–H and O–H groups in total. The zero-order chi connectivity index (χ0) is 16.9. The van der Waals surface area contributed by atoms with Crippen LogP contribution < -0.4 is 4.90 Å². The third-order valence-electron chi connectivity index (χ3n) is 4.17. The number of carbonyl (C=O) groups is 1. The monoisotopic (exact) mass is 383 g/mol. The first-order chi connectivity index (χ1) is 11.5. The maximum absolute atomic E-state index is 13.0. The van der Waals surface area contributed by atoms with E-state index in [1.807, 2.05) is 0 Å². The molecule has 2 aliphatic rings. The third kappa shape index (κ3) is 2.41. The van der Waals surface area contributed by atoms with Gasteiger partial charge in [0.05, 0.1) is 25.4 Å². The quantitative estimate of drug-likeness (QED) is 0.770. The van der Waals surface area contributed by atoms with Crippen molar-refractivity contribution in [3.8, 4) is 0 Å². The third-order valence-corrected chi connectivity index (χ3v) is 4.99. The van der Waals surface area contributed by atoms with E-state index in [1.165, 1.54) is 0 Å². The lowest BCUT2D eigenvalue weighted by Crippen LogP contribution is -2.40. The van der Waals surface area contributed by atoms with Crippen LogP contribution in [0, 0.1) is 0 Å². The average Bonchev–Trinajstić information content (AvgIpc) is 3.11. The van der Waals surface area contributed by atoms with Gasteiger partial charge in [-0.3, -0.25) is 4.79 Å². The van der Waals surface area contributed by atoms with E-state index in [2.05, 4.69) is 0 Å². The molecule has 2 aromatic rings. The van der Waals surface area contributed by atoms with Crippen LogP contribution in [-0.4, -0.2) is 19.1 Å². The zero-order valence-corrected chi connectivity index (χ0v) is 14.7. The average molecular weight is 385 g/mol. The summed E-state index contributed by atoms with van der Waals surface area (Å²) in [5, 5.41) is 1.56. The van der Waals surface area contributed by atoms with Crippen LogP contribution in [0.25, 0.3) is 0 Å². The van der Waals surface area contributed by atoms with Gasteiger partial charge in [0.2, 0.25) is 0 Å². The Bertz CT molecular complexity index is 834. The Morgan fingerprint density at radius 2 is 1.67 bits per heavy atom. The van der Waals surface area contributed by atoms with E-state index in [4.69, 9.17) is 44.3 Å². The van der Waals surface area contributed by atoms with E-state index in [1.54, 1.807) is 41.3 Å². The molecular formula is C17H12Cl3NO3. The molecule has 1 saturated heterocycles. The second-order valence-corrected chi connectivity index (χ2v) is 6.88. The Balaban J connectivity index is 1.78. The normalized spacial score (nSPS) is 18.5. The van der Waals surface area contributed by atoms with Gasteiger partial charge < -0.3 is 14.4 Å². The van der Waals surface area contributed by atoms with Crippen LogP contribution in [0.4, 0.5) is 5.69 Å². The summed E-state index contributed by atoms with van der Waals surface area (Å²) in [6.45, 7) is 0.998.